The van der Waals surface area contributed by atoms with Crippen LogP contribution in [0.4, 0.5) is 15.6 Å². The zero-order valence-electron chi connectivity index (χ0n) is 12.4. The minimum Gasteiger partial charge on any atom is -0.336 e. The molecule has 3 rings (SSSR count). The molecule has 0 unspecified atom stereocenters. The first kappa shape index (κ1) is 15.8. The van der Waals surface area contributed by atoms with E-state index in [1.807, 2.05) is 31.2 Å². The number of nitrogens with zero attached hydrogens (tertiary/aromatic N) is 3. The summed E-state index contributed by atoms with van der Waals surface area (Å²) < 4.78 is 0.688. The molecule has 1 aliphatic rings. The highest BCUT2D eigenvalue weighted by atomic mass is 32.2. The van der Waals surface area contributed by atoms with Gasteiger partial charge in [0.25, 0.3) is 0 Å². The lowest BCUT2D eigenvalue weighted by Gasteiger charge is -2.10. The van der Waals surface area contributed by atoms with Gasteiger partial charge in [0.05, 0.1) is 5.75 Å². The maximum atomic E-state index is 11.9. The van der Waals surface area contributed by atoms with Crippen molar-refractivity contribution in [1.29, 1.82) is 0 Å². The fourth-order valence-electron chi connectivity index (χ4n) is 1.99. The first-order chi connectivity index (χ1) is 11.1. The summed E-state index contributed by atoms with van der Waals surface area (Å²) in [5.74, 6) is -0.0414. The monoisotopic (exact) mass is 349 g/mol. The van der Waals surface area contributed by atoms with E-state index in [1.165, 1.54) is 33.6 Å². The molecule has 1 saturated heterocycles. The summed E-state index contributed by atoms with van der Waals surface area (Å²) in [5, 5.41) is 14.6. The molecule has 0 spiro atoms. The number of carbonyl (C=O) groups is 2. The van der Waals surface area contributed by atoms with Gasteiger partial charge in [0.2, 0.25) is 11.0 Å². The summed E-state index contributed by atoms with van der Waals surface area (Å²) in [7, 11) is 0. The van der Waals surface area contributed by atoms with Crippen LogP contribution in [-0.2, 0) is 4.79 Å². The van der Waals surface area contributed by atoms with E-state index in [9.17, 15) is 9.59 Å². The van der Waals surface area contributed by atoms with Crippen LogP contribution in [0.2, 0.25) is 0 Å². The smallest absolute Gasteiger partial charge is 0.324 e. The third-order valence-corrected chi connectivity index (χ3v) is 5.14. The van der Waals surface area contributed by atoms with Gasteiger partial charge in [-0.25, -0.2) is 4.79 Å². The van der Waals surface area contributed by atoms with E-state index in [0.29, 0.717) is 22.6 Å². The molecule has 0 atom stereocenters. The van der Waals surface area contributed by atoms with E-state index in [0.717, 1.165) is 5.69 Å². The summed E-state index contributed by atoms with van der Waals surface area (Å²) in [5.41, 5.74) is 2.13. The average molecular weight is 349 g/mol. The number of benzene rings is 1. The summed E-state index contributed by atoms with van der Waals surface area (Å²) in [4.78, 5) is 24.6. The maximum Gasteiger partial charge on any atom is 0.324 e. The molecule has 1 aromatic carbocycles. The highest BCUT2D eigenvalue weighted by Gasteiger charge is 2.26. The van der Waals surface area contributed by atoms with Gasteiger partial charge in [-0.1, -0.05) is 40.8 Å². The van der Waals surface area contributed by atoms with Crippen molar-refractivity contribution in [3.05, 3.63) is 29.8 Å². The van der Waals surface area contributed by atoms with Gasteiger partial charge in [-0.2, -0.15) is 0 Å². The second-order valence-corrected chi connectivity index (χ2v) is 7.13. The molecule has 2 aromatic rings. The molecule has 120 valence electrons. The molecule has 0 saturated carbocycles. The van der Waals surface area contributed by atoms with Crippen molar-refractivity contribution in [2.24, 2.45) is 0 Å². The van der Waals surface area contributed by atoms with Crippen molar-refractivity contribution in [1.82, 2.24) is 20.4 Å². The van der Waals surface area contributed by atoms with Crippen molar-refractivity contribution in [2.45, 2.75) is 11.3 Å². The SMILES string of the molecule is Cc1ccc(Nc2nnc(SCC(=O)N3CCNC3=O)s2)cc1. The molecule has 1 aliphatic heterocycles. The van der Waals surface area contributed by atoms with Crippen molar-refractivity contribution >= 4 is 45.9 Å². The van der Waals surface area contributed by atoms with Crippen LogP contribution in [0.5, 0.6) is 0 Å². The van der Waals surface area contributed by atoms with Crippen molar-refractivity contribution < 1.29 is 9.59 Å². The second kappa shape index (κ2) is 6.97. The minimum atomic E-state index is -0.324. The first-order valence-corrected chi connectivity index (χ1v) is 8.80. The molecule has 2 heterocycles. The lowest BCUT2D eigenvalue weighted by Crippen LogP contribution is -2.35. The number of imide groups is 1. The van der Waals surface area contributed by atoms with Crippen molar-refractivity contribution in [2.75, 3.05) is 24.2 Å². The van der Waals surface area contributed by atoms with Gasteiger partial charge in [0, 0.05) is 18.8 Å². The molecular formula is C14H15N5O2S2. The Morgan fingerprint density at radius 1 is 1.39 bits per heavy atom. The summed E-state index contributed by atoms with van der Waals surface area (Å²) in [6.45, 7) is 2.97. The normalized spacial score (nSPS) is 14.0. The molecule has 2 N–H and O–H groups in total. The Labute approximate surface area is 141 Å². The van der Waals surface area contributed by atoms with Gasteiger partial charge in [0.15, 0.2) is 4.34 Å². The van der Waals surface area contributed by atoms with E-state index in [2.05, 4.69) is 20.8 Å². The Balaban J connectivity index is 1.54. The van der Waals surface area contributed by atoms with Gasteiger partial charge >= 0.3 is 6.03 Å². The topological polar surface area (TPSA) is 87.2 Å². The van der Waals surface area contributed by atoms with E-state index >= 15 is 0 Å². The van der Waals surface area contributed by atoms with E-state index < -0.39 is 0 Å². The number of urea groups is 1. The average Bonchev–Trinajstić information content (AvgIpc) is 3.16. The highest BCUT2D eigenvalue weighted by molar-refractivity contribution is 8.01. The van der Waals surface area contributed by atoms with Crippen molar-refractivity contribution in [3.8, 4) is 0 Å². The second-order valence-electron chi connectivity index (χ2n) is 4.93. The minimum absolute atomic E-state index is 0.173. The number of aromatic nitrogens is 2. The summed E-state index contributed by atoms with van der Waals surface area (Å²) >= 11 is 2.66. The Morgan fingerprint density at radius 2 is 2.17 bits per heavy atom. The molecule has 0 radical (unpaired) electrons. The van der Waals surface area contributed by atoms with Crippen LogP contribution >= 0.6 is 23.1 Å². The van der Waals surface area contributed by atoms with Gasteiger partial charge < -0.3 is 10.6 Å². The molecule has 1 aromatic heterocycles. The molecule has 7 nitrogen and oxygen atoms in total. The standard InChI is InChI=1S/C14H15N5O2S2/c1-9-2-4-10(5-3-9)16-12-17-18-14(23-12)22-8-11(20)19-7-6-15-13(19)21/h2-5H,6-8H2,1H3,(H,15,21)(H,16,17). The first-order valence-electron chi connectivity index (χ1n) is 7.00. The molecule has 23 heavy (non-hydrogen) atoms. The third kappa shape index (κ3) is 3.99. The van der Waals surface area contributed by atoms with Crippen LogP contribution in [0, 0.1) is 6.92 Å². The number of hydrogen-bond donors (Lipinski definition) is 2. The number of amides is 3. The number of thioether (sulfide) groups is 1. The Hall–Kier alpha value is -2.13. The number of carbonyl (C=O) groups excluding carboxylic acids is 2. The fourth-order valence-corrected chi connectivity index (χ4v) is 3.64. The molecule has 9 heteroatoms. The van der Waals surface area contributed by atoms with Crippen LogP contribution in [0.1, 0.15) is 5.56 Å². The quantitative estimate of drug-likeness (QED) is 0.805. The van der Waals surface area contributed by atoms with Crippen LogP contribution in [-0.4, -0.2) is 45.9 Å². The van der Waals surface area contributed by atoms with Crippen LogP contribution < -0.4 is 10.6 Å². The number of anilines is 2. The Morgan fingerprint density at radius 3 is 2.87 bits per heavy atom. The fraction of sp³-hybridized carbons (Fsp3) is 0.286. The van der Waals surface area contributed by atoms with Crippen LogP contribution in [0.3, 0.4) is 0 Å². The Kier molecular flexibility index (Phi) is 4.77. The lowest BCUT2D eigenvalue weighted by molar-refractivity contribution is -0.124. The number of nitrogens with one attached hydrogen (secondary N) is 2. The van der Waals surface area contributed by atoms with Crippen molar-refractivity contribution in [3.63, 3.8) is 0 Å². The van der Waals surface area contributed by atoms with Crippen LogP contribution in [0.25, 0.3) is 0 Å². The van der Waals surface area contributed by atoms with Gasteiger partial charge in [-0.3, -0.25) is 9.69 Å². The predicted octanol–water partition coefficient (Wildman–Crippen LogP) is 2.23. The molecule has 0 bridgehead atoms. The largest absolute Gasteiger partial charge is 0.336 e. The highest BCUT2D eigenvalue weighted by Crippen LogP contribution is 2.28. The molecule has 3 amide bonds. The molecule has 0 aliphatic carbocycles. The number of aryl methyl sites for hydroxylation is 1. The van der Waals surface area contributed by atoms with E-state index in [-0.39, 0.29) is 17.7 Å². The summed E-state index contributed by atoms with van der Waals surface area (Å²) in [6, 6.07) is 7.64. The lowest BCUT2D eigenvalue weighted by atomic mass is 10.2. The van der Waals surface area contributed by atoms with E-state index in [4.69, 9.17) is 0 Å². The number of rotatable bonds is 5. The predicted molar refractivity (Wildman–Crippen MR) is 90.2 cm³/mol. The third-order valence-electron chi connectivity index (χ3n) is 3.19. The summed E-state index contributed by atoms with van der Waals surface area (Å²) in [6.07, 6.45) is 0. The zero-order chi connectivity index (χ0) is 16.2. The zero-order valence-corrected chi connectivity index (χ0v) is 14.0. The van der Waals surface area contributed by atoms with Gasteiger partial charge in [-0.05, 0) is 19.1 Å². The molecule has 1 fully saturated rings. The maximum absolute atomic E-state index is 11.9. The van der Waals surface area contributed by atoms with Gasteiger partial charge in [-0.15, -0.1) is 10.2 Å². The molecular weight excluding hydrogens is 334 g/mol. The number of hydrogen-bond acceptors (Lipinski definition) is 7. The van der Waals surface area contributed by atoms with E-state index in [1.54, 1.807) is 0 Å². The Bertz CT molecular complexity index is 716. The van der Waals surface area contributed by atoms with Gasteiger partial charge in [0.1, 0.15) is 0 Å². The van der Waals surface area contributed by atoms with Crippen LogP contribution in [0.15, 0.2) is 28.6 Å².